The molecule has 0 amide bonds. The van der Waals surface area contributed by atoms with E-state index in [1.807, 2.05) is 13.0 Å². The van der Waals surface area contributed by atoms with Gasteiger partial charge in [-0.05, 0) is 31.2 Å². The van der Waals surface area contributed by atoms with Crippen LogP contribution in [0.4, 0.5) is 5.69 Å². The first-order chi connectivity index (χ1) is 11.7. The highest BCUT2D eigenvalue weighted by Gasteiger charge is 2.10. The van der Waals surface area contributed by atoms with Crippen LogP contribution in [0.25, 0.3) is 21.0 Å². The summed E-state index contributed by atoms with van der Waals surface area (Å²) in [5.41, 5.74) is 3.24. The maximum atomic E-state index is 4.65. The van der Waals surface area contributed by atoms with Crippen LogP contribution in [-0.2, 0) is 6.54 Å². The molecule has 7 heteroatoms. The number of aryl methyl sites for hydroxylation is 1. The van der Waals surface area contributed by atoms with E-state index in [2.05, 4.69) is 55.5 Å². The summed E-state index contributed by atoms with van der Waals surface area (Å²) in [5, 5.41) is 4.02. The number of anilines is 1. The molecular weight excluding hydrogens is 338 g/mol. The third-order valence-electron chi connectivity index (χ3n) is 3.63. The molecule has 0 radical (unpaired) electrons. The van der Waals surface area contributed by atoms with Crippen LogP contribution in [-0.4, -0.2) is 27.0 Å². The summed E-state index contributed by atoms with van der Waals surface area (Å²) in [6, 6.07) is 8.18. The van der Waals surface area contributed by atoms with Crippen molar-refractivity contribution < 1.29 is 0 Å². The summed E-state index contributed by atoms with van der Waals surface area (Å²) < 4.78 is 1.22. The molecule has 24 heavy (non-hydrogen) atoms. The molecule has 0 spiro atoms. The van der Waals surface area contributed by atoms with Crippen LogP contribution >= 0.6 is 22.7 Å². The van der Waals surface area contributed by atoms with Gasteiger partial charge in [0.25, 0.3) is 0 Å². The van der Waals surface area contributed by atoms with E-state index in [1.54, 1.807) is 35.1 Å². The van der Waals surface area contributed by atoms with Crippen molar-refractivity contribution in [1.29, 1.82) is 0 Å². The fourth-order valence-electron chi connectivity index (χ4n) is 2.49. The zero-order valence-corrected chi connectivity index (χ0v) is 14.9. The fourth-order valence-corrected chi connectivity index (χ4v) is 4.11. The van der Waals surface area contributed by atoms with Gasteiger partial charge in [0.05, 0.1) is 27.5 Å². The van der Waals surface area contributed by atoms with Crippen LogP contribution in [0.2, 0.25) is 0 Å². The predicted octanol–water partition coefficient (Wildman–Crippen LogP) is 4.15. The Labute approximate surface area is 147 Å². The molecule has 0 saturated heterocycles. The lowest BCUT2D eigenvalue weighted by Gasteiger charge is -2.17. The van der Waals surface area contributed by atoms with E-state index >= 15 is 0 Å². The summed E-state index contributed by atoms with van der Waals surface area (Å²) in [5.74, 6) is 0.679. The second-order valence-corrected chi connectivity index (χ2v) is 7.55. The third-order valence-corrected chi connectivity index (χ3v) is 5.45. The summed E-state index contributed by atoms with van der Waals surface area (Å²) >= 11 is 3.30. The molecule has 0 saturated carbocycles. The van der Waals surface area contributed by atoms with Crippen molar-refractivity contribution >= 4 is 38.6 Å². The van der Waals surface area contributed by atoms with E-state index < -0.39 is 0 Å². The van der Waals surface area contributed by atoms with E-state index in [1.165, 1.54) is 4.70 Å². The lowest BCUT2D eigenvalue weighted by Crippen LogP contribution is -2.16. The van der Waals surface area contributed by atoms with Crippen molar-refractivity contribution in [3.05, 3.63) is 52.7 Å². The average Bonchev–Trinajstić information content (AvgIpc) is 3.20. The van der Waals surface area contributed by atoms with Crippen molar-refractivity contribution in [3.63, 3.8) is 0 Å². The maximum absolute atomic E-state index is 4.65. The molecule has 0 aliphatic heterocycles. The lowest BCUT2D eigenvalue weighted by molar-refractivity contribution is 0.895. The molecular formula is C17H15N5S2. The van der Waals surface area contributed by atoms with Gasteiger partial charge in [-0.1, -0.05) is 0 Å². The Hall–Kier alpha value is -2.38. The minimum Gasteiger partial charge on any atom is -0.369 e. The van der Waals surface area contributed by atoms with Crippen LogP contribution < -0.4 is 4.90 Å². The van der Waals surface area contributed by atoms with Crippen LogP contribution in [0, 0.1) is 6.92 Å². The van der Waals surface area contributed by atoms with E-state index in [9.17, 15) is 0 Å². The van der Waals surface area contributed by atoms with Crippen molar-refractivity contribution in [2.45, 2.75) is 13.5 Å². The molecule has 0 unspecified atom stereocenters. The highest BCUT2D eigenvalue weighted by atomic mass is 32.1. The van der Waals surface area contributed by atoms with Crippen LogP contribution in [0.3, 0.4) is 0 Å². The SMILES string of the molecule is Cc1nc2ccc(N(C)Cc3csc(-c4ncccn4)n3)cc2s1. The Kier molecular flexibility index (Phi) is 3.95. The molecule has 0 aliphatic carbocycles. The molecule has 0 N–H and O–H groups in total. The smallest absolute Gasteiger partial charge is 0.188 e. The molecule has 4 rings (SSSR count). The quantitative estimate of drug-likeness (QED) is 0.551. The van der Waals surface area contributed by atoms with Gasteiger partial charge < -0.3 is 4.90 Å². The number of aromatic nitrogens is 4. The molecule has 0 aliphatic rings. The number of fused-ring (bicyclic) bond motifs is 1. The monoisotopic (exact) mass is 353 g/mol. The first kappa shape index (κ1) is 15.2. The van der Waals surface area contributed by atoms with E-state index in [0.717, 1.165) is 33.5 Å². The predicted molar refractivity (Wildman–Crippen MR) is 99.6 cm³/mol. The zero-order chi connectivity index (χ0) is 16.5. The summed E-state index contributed by atoms with van der Waals surface area (Å²) in [4.78, 5) is 19.9. The maximum Gasteiger partial charge on any atom is 0.188 e. The zero-order valence-electron chi connectivity index (χ0n) is 13.3. The molecule has 4 aromatic rings. The van der Waals surface area contributed by atoms with Crippen molar-refractivity contribution in [3.8, 4) is 10.8 Å². The van der Waals surface area contributed by atoms with Gasteiger partial charge in [-0.25, -0.2) is 19.9 Å². The Morgan fingerprint density at radius 3 is 2.79 bits per heavy atom. The summed E-state index contributed by atoms with van der Waals surface area (Å²) in [6.07, 6.45) is 3.48. The molecule has 5 nitrogen and oxygen atoms in total. The lowest BCUT2D eigenvalue weighted by atomic mass is 10.2. The summed E-state index contributed by atoms with van der Waals surface area (Å²) in [7, 11) is 2.08. The molecule has 120 valence electrons. The number of nitrogens with zero attached hydrogens (tertiary/aromatic N) is 5. The number of rotatable bonds is 4. The van der Waals surface area contributed by atoms with Gasteiger partial charge >= 0.3 is 0 Å². The Morgan fingerprint density at radius 1 is 1.12 bits per heavy atom. The highest BCUT2D eigenvalue weighted by molar-refractivity contribution is 7.18. The molecule has 0 atom stereocenters. The Morgan fingerprint density at radius 2 is 1.96 bits per heavy atom. The van der Waals surface area contributed by atoms with Crippen LogP contribution in [0.1, 0.15) is 10.7 Å². The average molecular weight is 353 g/mol. The van der Waals surface area contributed by atoms with E-state index in [0.29, 0.717) is 5.82 Å². The third kappa shape index (κ3) is 3.00. The number of benzene rings is 1. The normalized spacial score (nSPS) is 11.1. The minimum absolute atomic E-state index is 0.679. The number of thiazole rings is 2. The molecule has 3 aromatic heterocycles. The first-order valence-corrected chi connectivity index (χ1v) is 9.19. The van der Waals surface area contributed by atoms with E-state index in [-0.39, 0.29) is 0 Å². The Balaban J connectivity index is 1.54. The van der Waals surface area contributed by atoms with Crippen molar-refractivity contribution in [2.75, 3.05) is 11.9 Å². The standard InChI is InChI=1S/C17H15N5S2/c1-11-20-14-5-4-13(8-15(14)24-11)22(2)9-12-10-23-17(21-12)16-18-6-3-7-19-16/h3-8,10H,9H2,1-2H3. The van der Waals surface area contributed by atoms with E-state index in [4.69, 9.17) is 0 Å². The van der Waals surface area contributed by atoms with Gasteiger partial charge in [0.1, 0.15) is 0 Å². The van der Waals surface area contributed by atoms with Crippen LogP contribution in [0.5, 0.6) is 0 Å². The minimum atomic E-state index is 0.679. The Bertz CT molecular complexity index is 977. The molecule has 3 heterocycles. The van der Waals surface area contributed by atoms with Gasteiger partial charge in [0.15, 0.2) is 10.8 Å². The van der Waals surface area contributed by atoms with Gasteiger partial charge in [0.2, 0.25) is 0 Å². The summed E-state index contributed by atoms with van der Waals surface area (Å²) in [6.45, 7) is 2.78. The van der Waals surface area contributed by atoms with Crippen LogP contribution in [0.15, 0.2) is 42.0 Å². The molecule has 1 aromatic carbocycles. The number of hydrogen-bond donors (Lipinski definition) is 0. The van der Waals surface area contributed by atoms with Crippen molar-refractivity contribution in [2.24, 2.45) is 0 Å². The molecule has 0 fully saturated rings. The van der Waals surface area contributed by atoms with Gasteiger partial charge in [-0.15, -0.1) is 22.7 Å². The molecule has 0 bridgehead atoms. The first-order valence-electron chi connectivity index (χ1n) is 7.49. The van der Waals surface area contributed by atoms with Gasteiger partial charge in [-0.2, -0.15) is 0 Å². The largest absolute Gasteiger partial charge is 0.369 e. The van der Waals surface area contributed by atoms with Gasteiger partial charge in [0, 0.05) is 30.5 Å². The number of hydrogen-bond acceptors (Lipinski definition) is 7. The topological polar surface area (TPSA) is 54.8 Å². The van der Waals surface area contributed by atoms with Gasteiger partial charge in [-0.3, -0.25) is 0 Å². The second-order valence-electron chi connectivity index (χ2n) is 5.46. The van der Waals surface area contributed by atoms with Crippen molar-refractivity contribution in [1.82, 2.24) is 19.9 Å². The fraction of sp³-hybridized carbons (Fsp3) is 0.176. The highest BCUT2D eigenvalue weighted by Crippen LogP contribution is 2.27. The second kappa shape index (κ2) is 6.26.